The van der Waals surface area contributed by atoms with E-state index >= 15 is 0 Å². The van der Waals surface area contributed by atoms with Gasteiger partial charge < -0.3 is 5.11 Å². The van der Waals surface area contributed by atoms with Gasteiger partial charge in [0.2, 0.25) is 0 Å². The normalized spacial score (nSPS) is 41.7. The standard InChI is InChI=1S/C14H20O2/c1-3-9-5-10(4-2)13-7-11(6-12(9)13)14(16)8-15/h3-4,9-13,15H,1-2,5-8H2. The maximum absolute atomic E-state index is 11.5. The Hall–Kier alpha value is -0.890. The molecule has 0 aromatic heterocycles. The first-order valence-corrected chi connectivity index (χ1v) is 6.10. The molecule has 2 aliphatic rings. The zero-order valence-corrected chi connectivity index (χ0v) is 9.64. The van der Waals surface area contributed by atoms with Crippen LogP contribution in [0.5, 0.6) is 0 Å². The summed E-state index contributed by atoms with van der Waals surface area (Å²) >= 11 is 0. The molecule has 2 aliphatic carbocycles. The predicted molar refractivity (Wildman–Crippen MR) is 63.8 cm³/mol. The van der Waals surface area contributed by atoms with Crippen molar-refractivity contribution in [2.75, 3.05) is 6.61 Å². The van der Waals surface area contributed by atoms with E-state index in [1.165, 1.54) is 0 Å². The van der Waals surface area contributed by atoms with Crippen molar-refractivity contribution in [2.45, 2.75) is 19.3 Å². The highest BCUT2D eigenvalue weighted by Crippen LogP contribution is 2.53. The second-order valence-corrected chi connectivity index (χ2v) is 5.16. The van der Waals surface area contributed by atoms with Crippen molar-refractivity contribution in [1.82, 2.24) is 0 Å². The number of Topliss-reactive ketones (excluding diaryl/α,β-unsaturated/α-hetero) is 1. The van der Waals surface area contributed by atoms with E-state index in [0.29, 0.717) is 23.7 Å². The molecule has 0 aromatic rings. The smallest absolute Gasteiger partial charge is 0.161 e. The molecule has 4 atom stereocenters. The third-order valence-electron chi connectivity index (χ3n) is 4.52. The average Bonchev–Trinajstić information content (AvgIpc) is 2.85. The Labute approximate surface area is 97.0 Å². The highest BCUT2D eigenvalue weighted by Gasteiger charge is 2.47. The maximum Gasteiger partial charge on any atom is 0.161 e. The first-order chi connectivity index (χ1) is 7.71. The Kier molecular flexibility index (Phi) is 3.29. The van der Waals surface area contributed by atoms with Crippen molar-refractivity contribution in [1.29, 1.82) is 0 Å². The summed E-state index contributed by atoms with van der Waals surface area (Å²) in [6.45, 7) is 7.48. The number of carbonyl (C=O) groups is 1. The highest BCUT2D eigenvalue weighted by atomic mass is 16.3. The molecule has 88 valence electrons. The lowest BCUT2D eigenvalue weighted by Crippen LogP contribution is -2.17. The molecule has 0 spiro atoms. The number of hydrogen-bond donors (Lipinski definition) is 1. The van der Waals surface area contributed by atoms with Crippen LogP contribution in [-0.2, 0) is 4.79 Å². The number of carbonyl (C=O) groups excluding carboxylic acids is 1. The molecule has 4 unspecified atom stereocenters. The number of hydrogen-bond acceptors (Lipinski definition) is 2. The molecule has 16 heavy (non-hydrogen) atoms. The Morgan fingerprint density at radius 3 is 2.00 bits per heavy atom. The quantitative estimate of drug-likeness (QED) is 0.737. The van der Waals surface area contributed by atoms with Crippen LogP contribution in [0.1, 0.15) is 19.3 Å². The maximum atomic E-state index is 11.5. The van der Waals surface area contributed by atoms with Crippen molar-refractivity contribution in [2.24, 2.45) is 29.6 Å². The van der Waals surface area contributed by atoms with Crippen LogP contribution in [0.2, 0.25) is 0 Å². The lowest BCUT2D eigenvalue weighted by molar-refractivity contribution is -0.125. The molecule has 2 nitrogen and oxygen atoms in total. The molecular weight excluding hydrogens is 200 g/mol. The first kappa shape index (κ1) is 11.6. The second kappa shape index (κ2) is 4.54. The third kappa shape index (κ3) is 1.75. The monoisotopic (exact) mass is 220 g/mol. The van der Waals surface area contributed by atoms with Crippen LogP contribution in [0, 0.1) is 29.6 Å². The van der Waals surface area contributed by atoms with Gasteiger partial charge in [-0.05, 0) is 42.9 Å². The number of rotatable bonds is 4. The van der Waals surface area contributed by atoms with Gasteiger partial charge in [0.05, 0.1) is 0 Å². The van der Waals surface area contributed by atoms with Gasteiger partial charge in [-0.25, -0.2) is 0 Å². The van der Waals surface area contributed by atoms with E-state index in [2.05, 4.69) is 13.2 Å². The van der Waals surface area contributed by atoms with Gasteiger partial charge in [-0.3, -0.25) is 4.79 Å². The van der Waals surface area contributed by atoms with E-state index in [-0.39, 0.29) is 18.3 Å². The van der Waals surface area contributed by atoms with Crippen LogP contribution in [0.25, 0.3) is 0 Å². The minimum Gasteiger partial charge on any atom is -0.389 e. The minimum absolute atomic E-state index is 0.0139. The van der Waals surface area contributed by atoms with Gasteiger partial charge in [0.25, 0.3) is 0 Å². The van der Waals surface area contributed by atoms with Crippen LogP contribution >= 0.6 is 0 Å². The summed E-state index contributed by atoms with van der Waals surface area (Å²) < 4.78 is 0. The van der Waals surface area contributed by atoms with Gasteiger partial charge in [-0.1, -0.05) is 12.2 Å². The van der Waals surface area contributed by atoms with Crippen LogP contribution in [0.3, 0.4) is 0 Å². The summed E-state index contributed by atoms with van der Waals surface area (Å²) in [6, 6.07) is 0. The van der Waals surface area contributed by atoms with Crippen molar-refractivity contribution >= 4 is 5.78 Å². The molecule has 0 radical (unpaired) electrons. The average molecular weight is 220 g/mol. The lowest BCUT2D eigenvalue weighted by Gasteiger charge is -2.14. The van der Waals surface area contributed by atoms with Gasteiger partial charge in [0.15, 0.2) is 5.78 Å². The fourth-order valence-corrected chi connectivity index (χ4v) is 3.69. The highest BCUT2D eigenvalue weighted by molar-refractivity contribution is 5.82. The number of aliphatic hydroxyl groups excluding tert-OH is 1. The molecular formula is C14H20O2. The predicted octanol–water partition coefficient (Wildman–Crippen LogP) is 2.20. The fraction of sp³-hybridized carbons (Fsp3) is 0.643. The lowest BCUT2D eigenvalue weighted by atomic mass is 9.90. The largest absolute Gasteiger partial charge is 0.389 e. The van der Waals surface area contributed by atoms with Crippen molar-refractivity contribution in [3.8, 4) is 0 Å². The van der Waals surface area contributed by atoms with Gasteiger partial charge in [0, 0.05) is 5.92 Å². The van der Waals surface area contributed by atoms with Gasteiger partial charge in [-0.2, -0.15) is 0 Å². The van der Waals surface area contributed by atoms with Gasteiger partial charge in [-0.15, -0.1) is 13.2 Å². The molecule has 2 fully saturated rings. The van der Waals surface area contributed by atoms with Crippen LogP contribution < -0.4 is 0 Å². The fourth-order valence-electron chi connectivity index (χ4n) is 3.69. The summed E-state index contributed by atoms with van der Waals surface area (Å²) in [5.41, 5.74) is 0. The molecule has 0 heterocycles. The van der Waals surface area contributed by atoms with Gasteiger partial charge >= 0.3 is 0 Å². The summed E-state index contributed by atoms with van der Waals surface area (Å²) in [5.74, 6) is 2.32. The van der Waals surface area contributed by atoms with E-state index < -0.39 is 0 Å². The molecule has 0 saturated heterocycles. The zero-order valence-electron chi connectivity index (χ0n) is 9.64. The molecule has 0 aliphatic heterocycles. The Morgan fingerprint density at radius 2 is 1.62 bits per heavy atom. The SMILES string of the molecule is C=CC1CC(C=C)C2CC(C(=O)CO)CC12. The molecule has 2 rings (SSSR count). The summed E-state index contributed by atoms with van der Waals surface area (Å²) in [6.07, 6.45) is 7.08. The van der Waals surface area contributed by atoms with E-state index in [9.17, 15) is 4.79 Å². The van der Waals surface area contributed by atoms with E-state index in [1.807, 2.05) is 12.2 Å². The van der Waals surface area contributed by atoms with Crippen molar-refractivity contribution < 1.29 is 9.90 Å². The van der Waals surface area contributed by atoms with Crippen LogP contribution in [0.15, 0.2) is 25.3 Å². The van der Waals surface area contributed by atoms with E-state index in [0.717, 1.165) is 19.3 Å². The first-order valence-electron chi connectivity index (χ1n) is 6.10. The number of ketones is 1. The molecule has 0 aromatic carbocycles. The van der Waals surface area contributed by atoms with Crippen LogP contribution in [0.4, 0.5) is 0 Å². The molecule has 0 bridgehead atoms. The van der Waals surface area contributed by atoms with Crippen molar-refractivity contribution in [3.05, 3.63) is 25.3 Å². The van der Waals surface area contributed by atoms with Crippen LogP contribution in [-0.4, -0.2) is 17.5 Å². The molecule has 0 amide bonds. The topological polar surface area (TPSA) is 37.3 Å². The summed E-state index contributed by atoms with van der Waals surface area (Å²) in [5, 5.41) is 8.91. The number of fused-ring (bicyclic) bond motifs is 1. The van der Waals surface area contributed by atoms with E-state index in [1.54, 1.807) is 0 Å². The number of allylic oxidation sites excluding steroid dienone is 2. The third-order valence-corrected chi connectivity index (χ3v) is 4.52. The summed E-state index contributed by atoms with van der Waals surface area (Å²) in [4.78, 5) is 11.5. The number of aliphatic hydroxyl groups is 1. The minimum atomic E-state index is -0.304. The molecule has 2 saturated carbocycles. The molecule has 2 heteroatoms. The zero-order chi connectivity index (χ0) is 11.7. The summed E-state index contributed by atoms with van der Waals surface area (Å²) in [7, 11) is 0. The van der Waals surface area contributed by atoms with Crippen molar-refractivity contribution in [3.63, 3.8) is 0 Å². The van der Waals surface area contributed by atoms with E-state index in [4.69, 9.17) is 5.11 Å². The second-order valence-electron chi connectivity index (χ2n) is 5.16. The Morgan fingerprint density at radius 1 is 1.12 bits per heavy atom. The molecule has 1 N–H and O–H groups in total. The Bertz CT molecular complexity index is 286. The Balaban J connectivity index is 2.11. The van der Waals surface area contributed by atoms with Gasteiger partial charge in [0.1, 0.15) is 6.61 Å².